The molecule has 1 rings (SSSR count). The predicted octanol–water partition coefficient (Wildman–Crippen LogP) is 6.91. The standard InChI is InChI=1S/C21H38N2/c1-2-3-4-5-6-7-8-9-10-11-12-13-14-15-18-22-20-21-17-16-19-23-21/h16-17,19-20,23H,2-15,18H2,1H3. The number of nitrogens with one attached hydrogen (secondary N) is 1. The molecular weight excluding hydrogens is 280 g/mol. The Morgan fingerprint density at radius 2 is 1.30 bits per heavy atom. The summed E-state index contributed by atoms with van der Waals surface area (Å²) in [5, 5.41) is 0. The highest BCUT2D eigenvalue weighted by Gasteiger charge is 1.94. The Balaban J connectivity index is 1.71. The quantitative estimate of drug-likeness (QED) is 0.253. The minimum absolute atomic E-state index is 0.969. The Bertz CT molecular complexity index is 354. The molecule has 0 radical (unpaired) electrons. The number of rotatable bonds is 16. The van der Waals surface area contributed by atoms with E-state index in [-0.39, 0.29) is 0 Å². The summed E-state index contributed by atoms with van der Waals surface area (Å²) in [5.41, 5.74) is 1.11. The van der Waals surface area contributed by atoms with Gasteiger partial charge >= 0.3 is 0 Å². The van der Waals surface area contributed by atoms with Gasteiger partial charge in [0.25, 0.3) is 0 Å². The molecule has 0 bridgehead atoms. The molecule has 0 saturated heterocycles. The molecule has 0 aliphatic heterocycles. The molecule has 0 saturated carbocycles. The van der Waals surface area contributed by atoms with E-state index in [1.165, 1.54) is 89.9 Å². The first-order valence-corrected chi connectivity index (χ1v) is 10.1. The number of nitrogens with zero attached hydrogens (tertiary/aromatic N) is 1. The molecule has 0 aromatic carbocycles. The third-order valence-electron chi connectivity index (χ3n) is 4.49. The maximum atomic E-state index is 4.45. The Hall–Kier alpha value is -1.05. The molecule has 0 aliphatic carbocycles. The van der Waals surface area contributed by atoms with Crippen LogP contribution in [0.5, 0.6) is 0 Å². The minimum atomic E-state index is 0.969. The maximum absolute atomic E-state index is 4.45. The van der Waals surface area contributed by atoms with Crippen molar-refractivity contribution in [3.63, 3.8) is 0 Å². The zero-order valence-corrected chi connectivity index (χ0v) is 15.4. The third-order valence-corrected chi connectivity index (χ3v) is 4.49. The summed E-state index contributed by atoms with van der Waals surface area (Å²) < 4.78 is 0. The maximum Gasteiger partial charge on any atom is 0.0561 e. The van der Waals surface area contributed by atoms with Gasteiger partial charge in [-0.25, -0.2) is 0 Å². The van der Waals surface area contributed by atoms with Gasteiger partial charge in [-0.1, -0.05) is 90.4 Å². The molecule has 0 atom stereocenters. The Morgan fingerprint density at radius 3 is 1.78 bits per heavy atom. The summed E-state index contributed by atoms with van der Waals surface area (Å²) in [6.07, 6.45) is 23.7. The molecule has 1 aromatic heterocycles. The van der Waals surface area contributed by atoms with Gasteiger partial charge in [0, 0.05) is 19.0 Å². The van der Waals surface area contributed by atoms with Gasteiger partial charge in [0.1, 0.15) is 0 Å². The van der Waals surface area contributed by atoms with Crippen molar-refractivity contribution in [2.75, 3.05) is 6.54 Å². The van der Waals surface area contributed by atoms with Crippen LogP contribution in [0.3, 0.4) is 0 Å². The first kappa shape index (κ1) is 20.0. The lowest BCUT2D eigenvalue weighted by molar-refractivity contribution is 0.536. The van der Waals surface area contributed by atoms with Crippen LogP contribution in [0.4, 0.5) is 0 Å². The van der Waals surface area contributed by atoms with Gasteiger partial charge in [-0.2, -0.15) is 0 Å². The van der Waals surface area contributed by atoms with E-state index in [0.717, 1.165) is 12.2 Å². The molecule has 23 heavy (non-hydrogen) atoms. The zero-order chi connectivity index (χ0) is 16.4. The highest BCUT2D eigenvalue weighted by atomic mass is 14.7. The highest BCUT2D eigenvalue weighted by Crippen LogP contribution is 2.12. The van der Waals surface area contributed by atoms with Crippen molar-refractivity contribution in [3.05, 3.63) is 24.0 Å². The largest absolute Gasteiger partial charge is 0.360 e. The summed E-state index contributed by atoms with van der Waals surface area (Å²) in [5.74, 6) is 0. The van der Waals surface area contributed by atoms with Gasteiger partial charge in [0.05, 0.1) is 5.69 Å². The Kier molecular flexibility index (Phi) is 13.8. The van der Waals surface area contributed by atoms with Gasteiger partial charge in [0.2, 0.25) is 0 Å². The van der Waals surface area contributed by atoms with Crippen LogP contribution in [0.25, 0.3) is 0 Å². The highest BCUT2D eigenvalue weighted by molar-refractivity contribution is 5.76. The number of aliphatic imine (C=N–C) groups is 1. The monoisotopic (exact) mass is 318 g/mol. The van der Waals surface area contributed by atoms with Crippen LogP contribution in [-0.2, 0) is 0 Å². The van der Waals surface area contributed by atoms with E-state index >= 15 is 0 Å². The fourth-order valence-electron chi connectivity index (χ4n) is 2.99. The number of aromatic amines is 1. The lowest BCUT2D eigenvalue weighted by Crippen LogP contribution is -1.86. The van der Waals surface area contributed by atoms with Gasteiger partial charge < -0.3 is 4.98 Å². The van der Waals surface area contributed by atoms with Gasteiger partial charge in [-0.3, -0.25) is 4.99 Å². The molecule has 0 spiro atoms. The average Bonchev–Trinajstić information content (AvgIpc) is 3.08. The second-order valence-corrected chi connectivity index (χ2v) is 6.76. The average molecular weight is 319 g/mol. The Labute approximate surface area is 144 Å². The van der Waals surface area contributed by atoms with E-state index in [4.69, 9.17) is 0 Å². The van der Waals surface area contributed by atoms with Crippen molar-refractivity contribution in [1.82, 2.24) is 4.98 Å². The molecule has 0 aliphatic rings. The summed E-state index contributed by atoms with van der Waals surface area (Å²) in [6.45, 7) is 3.26. The lowest BCUT2D eigenvalue weighted by atomic mass is 10.0. The predicted molar refractivity (Wildman–Crippen MR) is 104 cm³/mol. The molecule has 132 valence electrons. The fourth-order valence-corrected chi connectivity index (χ4v) is 2.99. The van der Waals surface area contributed by atoms with E-state index in [0.29, 0.717) is 0 Å². The molecule has 0 unspecified atom stereocenters. The smallest absolute Gasteiger partial charge is 0.0561 e. The number of unbranched alkanes of at least 4 members (excludes halogenated alkanes) is 13. The number of H-pyrrole nitrogens is 1. The molecule has 0 amide bonds. The molecule has 2 nitrogen and oxygen atoms in total. The SMILES string of the molecule is CCCCCCCCCCCCCCCCN=Cc1ccc[nH]1. The second kappa shape index (κ2) is 15.8. The number of hydrogen-bond donors (Lipinski definition) is 1. The van der Waals surface area contributed by atoms with Gasteiger partial charge in [-0.15, -0.1) is 0 Å². The second-order valence-electron chi connectivity index (χ2n) is 6.76. The minimum Gasteiger partial charge on any atom is -0.360 e. The van der Waals surface area contributed by atoms with Crippen LogP contribution in [0.2, 0.25) is 0 Å². The van der Waals surface area contributed by atoms with E-state index in [1.54, 1.807) is 0 Å². The molecular formula is C21H38N2. The third kappa shape index (κ3) is 13.1. The molecule has 1 heterocycles. The van der Waals surface area contributed by atoms with Crippen LogP contribution in [0.15, 0.2) is 23.3 Å². The van der Waals surface area contributed by atoms with Gasteiger partial charge in [0.15, 0.2) is 0 Å². The summed E-state index contributed by atoms with van der Waals surface area (Å²) >= 11 is 0. The van der Waals surface area contributed by atoms with E-state index in [9.17, 15) is 0 Å². The van der Waals surface area contributed by atoms with Crippen LogP contribution in [0, 0.1) is 0 Å². The van der Waals surface area contributed by atoms with Crippen LogP contribution in [0.1, 0.15) is 103 Å². The van der Waals surface area contributed by atoms with E-state index in [2.05, 4.69) is 23.0 Å². The first-order valence-electron chi connectivity index (χ1n) is 10.1. The van der Waals surface area contributed by atoms with Crippen molar-refractivity contribution in [3.8, 4) is 0 Å². The number of aromatic nitrogens is 1. The topological polar surface area (TPSA) is 28.1 Å². The summed E-state index contributed by atoms with van der Waals surface area (Å²) in [6, 6.07) is 4.06. The Morgan fingerprint density at radius 1 is 0.783 bits per heavy atom. The van der Waals surface area contributed by atoms with Crippen molar-refractivity contribution >= 4 is 6.21 Å². The lowest BCUT2D eigenvalue weighted by Gasteiger charge is -2.02. The van der Waals surface area contributed by atoms with Crippen molar-refractivity contribution in [1.29, 1.82) is 0 Å². The van der Waals surface area contributed by atoms with E-state index < -0.39 is 0 Å². The fraction of sp³-hybridized carbons (Fsp3) is 0.762. The van der Waals surface area contributed by atoms with Crippen molar-refractivity contribution in [2.24, 2.45) is 4.99 Å². The van der Waals surface area contributed by atoms with Crippen molar-refractivity contribution in [2.45, 2.75) is 96.8 Å². The first-order chi connectivity index (χ1) is 11.4. The van der Waals surface area contributed by atoms with Crippen LogP contribution in [-0.4, -0.2) is 17.7 Å². The van der Waals surface area contributed by atoms with Crippen LogP contribution >= 0.6 is 0 Å². The summed E-state index contributed by atoms with van der Waals surface area (Å²) in [7, 11) is 0. The molecule has 2 heteroatoms. The summed E-state index contributed by atoms with van der Waals surface area (Å²) in [4.78, 5) is 7.59. The molecule has 1 N–H and O–H groups in total. The normalized spacial score (nSPS) is 11.5. The number of hydrogen-bond acceptors (Lipinski definition) is 1. The van der Waals surface area contributed by atoms with Crippen molar-refractivity contribution < 1.29 is 0 Å². The van der Waals surface area contributed by atoms with Crippen LogP contribution < -0.4 is 0 Å². The molecule has 1 aromatic rings. The molecule has 0 fully saturated rings. The van der Waals surface area contributed by atoms with Gasteiger partial charge in [-0.05, 0) is 18.6 Å². The van der Waals surface area contributed by atoms with E-state index in [1.807, 2.05) is 18.5 Å². The zero-order valence-electron chi connectivity index (χ0n) is 15.4.